The highest BCUT2D eigenvalue weighted by Gasteiger charge is 2.14. The predicted octanol–water partition coefficient (Wildman–Crippen LogP) is 1.84. The molecule has 136 valence electrons. The molecule has 0 saturated carbocycles. The minimum atomic E-state index is -0.260. The molecule has 0 atom stereocenters. The predicted molar refractivity (Wildman–Crippen MR) is 100 cm³/mol. The van der Waals surface area contributed by atoms with E-state index in [-0.39, 0.29) is 5.91 Å². The van der Waals surface area contributed by atoms with Crippen LogP contribution in [0.25, 0.3) is 17.0 Å². The first-order valence-corrected chi connectivity index (χ1v) is 8.40. The topological polar surface area (TPSA) is 127 Å². The zero-order valence-electron chi connectivity index (χ0n) is 14.9. The summed E-state index contributed by atoms with van der Waals surface area (Å²) < 4.78 is 1.55. The van der Waals surface area contributed by atoms with Gasteiger partial charge in [0.2, 0.25) is 0 Å². The van der Waals surface area contributed by atoms with Crippen LogP contribution in [0, 0.1) is 13.8 Å². The number of carbonyl (C=O) groups is 1. The minimum Gasteiger partial charge on any atom is -0.324 e. The van der Waals surface area contributed by atoms with E-state index in [1.54, 1.807) is 22.7 Å². The summed E-state index contributed by atoms with van der Waals surface area (Å²) in [6.45, 7) is 4.01. The van der Waals surface area contributed by atoms with Crippen LogP contribution in [-0.2, 0) is 6.54 Å². The Hall–Kier alpha value is -3.59. The lowest BCUT2D eigenvalue weighted by Gasteiger charge is -2.08. The SMILES string of the molecule is Cc1cc(C(=O)Nc2ccc(-c3n[nH]c(CN)n3)cc2)n2nc(C)cc2n1. The zero-order valence-corrected chi connectivity index (χ0v) is 14.9. The highest BCUT2D eigenvalue weighted by Crippen LogP contribution is 2.19. The molecule has 3 heterocycles. The molecule has 4 rings (SSSR count). The maximum atomic E-state index is 12.7. The molecule has 1 amide bonds. The van der Waals surface area contributed by atoms with Gasteiger partial charge < -0.3 is 11.1 Å². The van der Waals surface area contributed by atoms with E-state index in [4.69, 9.17) is 5.73 Å². The number of benzene rings is 1. The van der Waals surface area contributed by atoms with E-state index in [0.29, 0.717) is 35.2 Å². The Morgan fingerprint density at radius 3 is 2.63 bits per heavy atom. The number of aryl methyl sites for hydroxylation is 2. The molecule has 27 heavy (non-hydrogen) atoms. The number of hydrogen-bond acceptors (Lipinski definition) is 6. The third-order valence-corrected chi connectivity index (χ3v) is 4.04. The maximum Gasteiger partial charge on any atom is 0.274 e. The molecule has 4 aromatic rings. The highest BCUT2D eigenvalue weighted by molar-refractivity contribution is 6.03. The summed E-state index contributed by atoms with van der Waals surface area (Å²) in [6, 6.07) is 10.8. The Labute approximate surface area is 154 Å². The van der Waals surface area contributed by atoms with Gasteiger partial charge in [0.1, 0.15) is 11.5 Å². The Morgan fingerprint density at radius 2 is 1.93 bits per heavy atom. The molecule has 3 aromatic heterocycles. The molecule has 0 aliphatic carbocycles. The molecule has 1 aromatic carbocycles. The second-order valence-corrected chi connectivity index (χ2v) is 6.18. The number of fused-ring (bicyclic) bond motifs is 1. The van der Waals surface area contributed by atoms with Crippen molar-refractivity contribution < 1.29 is 4.79 Å². The van der Waals surface area contributed by atoms with E-state index in [1.165, 1.54) is 0 Å². The first kappa shape index (κ1) is 16.9. The van der Waals surface area contributed by atoms with Gasteiger partial charge in [0.15, 0.2) is 11.5 Å². The smallest absolute Gasteiger partial charge is 0.274 e. The number of aromatic amines is 1. The number of carbonyl (C=O) groups excluding carboxylic acids is 1. The van der Waals surface area contributed by atoms with Gasteiger partial charge in [-0.15, -0.1) is 0 Å². The normalized spacial score (nSPS) is 11.1. The molecule has 9 nitrogen and oxygen atoms in total. The van der Waals surface area contributed by atoms with Gasteiger partial charge in [-0.05, 0) is 44.2 Å². The van der Waals surface area contributed by atoms with Gasteiger partial charge in [0.05, 0.1) is 12.2 Å². The van der Waals surface area contributed by atoms with Crippen LogP contribution in [-0.4, -0.2) is 35.7 Å². The van der Waals surface area contributed by atoms with E-state index >= 15 is 0 Å². The Morgan fingerprint density at radius 1 is 1.15 bits per heavy atom. The number of aromatic nitrogens is 6. The Kier molecular flexibility index (Phi) is 4.13. The van der Waals surface area contributed by atoms with Crippen LogP contribution in [0.15, 0.2) is 36.4 Å². The first-order chi connectivity index (χ1) is 13.0. The van der Waals surface area contributed by atoms with Crippen molar-refractivity contribution in [1.29, 1.82) is 0 Å². The van der Waals surface area contributed by atoms with Crippen molar-refractivity contribution in [3.05, 3.63) is 59.3 Å². The number of amides is 1. The second kappa shape index (κ2) is 6.61. The third-order valence-electron chi connectivity index (χ3n) is 4.04. The molecule has 0 aliphatic heterocycles. The van der Waals surface area contributed by atoms with Crippen molar-refractivity contribution in [2.45, 2.75) is 20.4 Å². The molecular formula is C18H18N8O. The highest BCUT2D eigenvalue weighted by atomic mass is 16.2. The van der Waals surface area contributed by atoms with Gasteiger partial charge in [-0.1, -0.05) is 0 Å². The molecule has 9 heteroatoms. The summed E-state index contributed by atoms with van der Waals surface area (Å²) in [5.74, 6) is 0.922. The van der Waals surface area contributed by atoms with Gasteiger partial charge in [0.25, 0.3) is 5.91 Å². The molecule has 0 unspecified atom stereocenters. The third kappa shape index (κ3) is 3.27. The van der Waals surface area contributed by atoms with Crippen LogP contribution < -0.4 is 11.1 Å². The fourth-order valence-corrected chi connectivity index (χ4v) is 2.79. The average Bonchev–Trinajstić information content (AvgIpc) is 3.27. The van der Waals surface area contributed by atoms with Gasteiger partial charge in [0, 0.05) is 23.0 Å². The van der Waals surface area contributed by atoms with E-state index in [9.17, 15) is 4.79 Å². The van der Waals surface area contributed by atoms with Crippen molar-refractivity contribution in [3.63, 3.8) is 0 Å². The molecule has 0 radical (unpaired) electrons. The lowest BCUT2D eigenvalue weighted by atomic mass is 10.2. The second-order valence-electron chi connectivity index (χ2n) is 6.18. The fraction of sp³-hybridized carbons (Fsp3) is 0.167. The number of rotatable bonds is 4. The Balaban J connectivity index is 1.58. The van der Waals surface area contributed by atoms with Crippen molar-refractivity contribution in [2.24, 2.45) is 5.73 Å². The van der Waals surface area contributed by atoms with Crippen molar-refractivity contribution in [2.75, 3.05) is 5.32 Å². The summed E-state index contributed by atoms with van der Waals surface area (Å²) >= 11 is 0. The van der Waals surface area contributed by atoms with E-state index in [1.807, 2.05) is 32.0 Å². The molecule has 0 fully saturated rings. The van der Waals surface area contributed by atoms with Crippen LogP contribution >= 0.6 is 0 Å². The summed E-state index contributed by atoms with van der Waals surface area (Å²) in [7, 11) is 0. The van der Waals surface area contributed by atoms with E-state index in [0.717, 1.165) is 17.0 Å². The van der Waals surface area contributed by atoms with Crippen LogP contribution in [0.2, 0.25) is 0 Å². The van der Waals surface area contributed by atoms with Crippen LogP contribution in [0.4, 0.5) is 5.69 Å². The molecule has 0 spiro atoms. The average molecular weight is 362 g/mol. The first-order valence-electron chi connectivity index (χ1n) is 8.40. The number of nitrogens with two attached hydrogens (primary N) is 1. The number of anilines is 1. The van der Waals surface area contributed by atoms with Gasteiger partial charge in [-0.25, -0.2) is 14.5 Å². The quantitative estimate of drug-likeness (QED) is 0.508. The van der Waals surface area contributed by atoms with Crippen LogP contribution in [0.3, 0.4) is 0 Å². The van der Waals surface area contributed by atoms with Gasteiger partial charge >= 0.3 is 0 Å². The number of nitrogens with one attached hydrogen (secondary N) is 2. The number of hydrogen-bond donors (Lipinski definition) is 3. The molecular weight excluding hydrogens is 344 g/mol. The molecule has 0 saturated heterocycles. The van der Waals surface area contributed by atoms with Crippen molar-refractivity contribution >= 4 is 17.2 Å². The van der Waals surface area contributed by atoms with Crippen molar-refractivity contribution in [3.8, 4) is 11.4 Å². The summed E-state index contributed by atoms with van der Waals surface area (Å²) in [6.07, 6.45) is 0. The molecule has 4 N–H and O–H groups in total. The fourth-order valence-electron chi connectivity index (χ4n) is 2.79. The lowest BCUT2D eigenvalue weighted by molar-refractivity contribution is 0.101. The van der Waals surface area contributed by atoms with Gasteiger partial charge in [-0.2, -0.15) is 10.2 Å². The van der Waals surface area contributed by atoms with Gasteiger partial charge in [-0.3, -0.25) is 9.89 Å². The summed E-state index contributed by atoms with van der Waals surface area (Å²) in [5, 5.41) is 14.1. The monoisotopic (exact) mass is 362 g/mol. The van der Waals surface area contributed by atoms with E-state index < -0.39 is 0 Å². The van der Waals surface area contributed by atoms with Crippen molar-refractivity contribution in [1.82, 2.24) is 29.8 Å². The summed E-state index contributed by atoms with van der Waals surface area (Å²) in [5.41, 5.74) is 9.65. The standard InChI is InChI=1S/C18H18N8O/c1-10-7-14(26-16(20-10)8-11(2)25-26)18(27)21-13-5-3-12(4-6-13)17-22-15(9-19)23-24-17/h3-8H,9,19H2,1-2H3,(H,21,27)(H,22,23,24). The zero-order chi connectivity index (χ0) is 19.0. The molecule has 0 bridgehead atoms. The maximum absolute atomic E-state index is 12.7. The molecule has 0 aliphatic rings. The minimum absolute atomic E-state index is 0.260. The largest absolute Gasteiger partial charge is 0.324 e. The van der Waals surface area contributed by atoms with Crippen LogP contribution in [0.1, 0.15) is 27.7 Å². The number of nitrogens with zero attached hydrogens (tertiary/aromatic N) is 5. The van der Waals surface area contributed by atoms with Crippen LogP contribution in [0.5, 0.6) is 0 Å². The number of H-pyrrole nitrogens is 1. The summed E-state index contributed by atoms with van der Waals surface area (Å²) in [4.78, 5) is 21.4. The Bertz CT molecular complexity index is 1130. The van der Waals surface area contributed by atoms with E-state index in [2.05, 4.69) is 30.6 Å². The lowest BCUT2D eigenvalue weighted by Crippen LogP contribution is -2.17.